The number of anilines is 1. The normalized spacial score (nSPS) is 14.8. The van der Waals surface area contributed by atoms with Crippen LogP contribution in [0.15, 0.2) is 53.1 Å². The lowest BCUT2D eigenvalue weighted by Gasteiger charge is -2.23. The van der Waals surface area contributed by atoms with Crippen LogP contribution in [0.4, 0.5) is 5.82 Å². The molecular weight excluding hydrogens is 326 g/mol. The maximum Gasteiger partial charge on any atom is 0.265 e. The molecule has 0 amide bonds. The number of aliphatic hydroxyl groups excluding tert-OH is 1. The number of aryl methyl sites for hydroxylation is 1. The molecule has 0 spiro atoms. The van der Waals surface area contributed by atoms with Gasteiger partial charge in [-0.3, -0.25) is 0 Å². The van der Waals surface area contributed by atoms with E-state index in [1.807, 2.05) is 13.0 Å². The molecule has 2 heterocycles. The third-order valence-electron chi connectivity index (χ3n) is 3.87. The zero-order chi connectivity index (χ0) is 17.3. The lowest BCUT2D eigenvalue weighted by atomic mass is 10.1. The summed E-state index contributed by atoms with van der Waals surface area (Å²) in [4.78, 5) is 4.28. The molecule has 6 nitrogen and oxygen atoms in total. The maximum atomic E-state index is 13.0. The monoisotopic (exact) mass is 341 g/mol. The molecule has 2 aromatic rings. The Labute approximate surface area is 140 Å². The summed E-state index contributed by atoms with van der Waals surface area (Å²) in [6, 6.07) is 11.6. The van der Waals surface area contributed by atoms with E-state index in [-0.39, 0.29) is 40.6 Å². The molecule has 0 bridgehead atoms. The van der Waals surface area contributed by atoms with E-state index in [4.69, 9.17) is 0 Å². The predicted octanol–water partition coefficient (Wildman–Crippen LogP) is 2.78. The largest absolute Gasteiger partial charge is 0.506 e. The molecule has 0 fully saturated rings. The number of nitriles is 1. The molecular formula is C17H15N3O3S. The summed E-state index contributed by atoms with van der Waals surface area (Å²) < 4.78 is 27.2. The van der Waals surface area contributed by atoms with Gasteiger partial charge in [-0.25, -0.2) is 17.7 Å². The molecule has 0 unspecified atom stereocenters. The van der Waals surface area contributed by atoms with Crippen molar-refractivity contribution in [2.24, 2.45) is 0 Å². The molecule has 0 atom stereocenters. The van der Waals surface area contributed by atoms with Gasteiger partial charge in [-0.2, -0.15) is 5.26 Å². The van der Waals surface area contributed by atoms with Crippen LogP contribution in [-0.4, -0.2) is 25.1 Å². The first-order chi connectivity index (χ1) is 11.4. The lowest BCUT2D eigenvalue weighted by molar-refractivity contribution is 0.507. The second kappa shape index (κ2) is 5.98. The summed E-state index contributed by atoms with van der Waals surface area (Å²) in [6.45, 7) is 1.91. The van der Waals surface area contributed by atoms with Crippen molar-refractivity contribution in [1.82, 2.24) is 4.98 Å². The summed E-state index contributed by atoms with van der Waals surface area (Å²) in [6.07, 6.45) is 1.57. The van der Waals surface area contributed by atoms with Crippen LogP contribution in [0.3, 0.4) is 0 Å². The topological polar surface area (TPSA) is 94.3 Å². The van der Waals surface area contributed by atoms with E-state index in [2.05, 4.69) is 4.98 Å². The summed E-state index contributed by atoms with van der Waals surface area (Å²) in [5.41, 5.74) is 1.34. The highest BCUT2D eigenvalue weighted by atomic mass is 32.2. The van der Waals surface area contributed by atoms with Gasteiger partial charge in [-0.05, 0) is 31.2 Å². The van der Waals surface area contributed by atoms with Crippen molar-refractivity contribution in [2.75, 3.05) is 10.8 Å². The van der Waals surface area contributed by atoms with Gasteiger partial charge in [-0.1, -0.05) is 17.7 Å². The van der Waals surface area contributed by atoms with Crippen LogP contribution in [0, 0.1) is 18.3 Å². The highest BCUT2D eigenvalue weighted by Gasteiger charge is 2.31. The number of hydrogen-bond acceptors (Lipinski definition) is 5. The third-order valence-corrected chi connectivity index (χ3v) is 5.68. The molecule has 122 valence electrons. The lowest BCUT2D eigenvalue weighted by Crippen LogP contribution is -2.32. The number of benzene rings is 1. The van der Waals surface area contributed by atoms with Gasteiger partial charge in [0.05, 0.1) is 22.1 Å². The molecule has 3 rings (SSSR count). The maximum absolute atomic E-state index is 13.0. The minimum Gasteiger partial charge on any atom is -0.506 e. The molecule has 1 aliphatic heterocycles. The fourth-order valence-electron chi connectivity index (χ4n) is 2.56. The first kappa shape index (κ1) is 16.0. The minimum absolute atomic E-state index is 0.0349. The van der Waals surface area contributed by atoms with Gasteiger partial charge in [0.2, 0.25) is 0 Å². The fraction of sp³-hybridized carbons (Fsp3) is 0.176. The van der Waals surface area contributed by atoms with E-state index < -0.39 is 10.0 Å². The number of hydrogen-bond donors (Lipinski definition) is 1. The molecule has 24 heavy (non-hydrogen) atoms. The van der Waals surface area contributed by atoms with E-state index in [1.54, 1.807) is 24.3 Å². The predicted molar refractivity (Wildman–Crippen MR) is 89.7 cm³/mol. The Kier molecular flexibility index (Phi) is 3.99. The number of rotatable bonds is 2. The molecule has 1 N–H and O–H groups in total. The molecule has 0 saturated heterocycles. The SMILES string of the molecule is Cc1ccc(S(=O)(=O)N2CCC(C#N)=C(O)c3cccnc32)cc1. The van der Waals surface area contributed by atoms with Crippen molar-refractivity contribution < 1.29 is 13.5 Å². The second-order valence-corrected chi connectivity index (χ2v) is 7.32. The summed E-state index contributed by atoms with van der Waals surface area (Å²) in [5, 5.41) is 19.5. The smallest absolute Gasteiger partial charge is 0.265 e. The standard InChI is InChI=1S/C17H15N3O3S/c1-12-4-6-14(7-5-12)24(22,23)20-10-8-13(11-18)16(21)15-3-2-9-19-17(15)20/h2-7,9,21H,8,10H2,1H3. The first-order valence-corrected chi connectivity index (χ1v) is 8.76. The second-order valence-electron chi connectivity index (χ2n) is 5.45. The van der Waals surface area contributed by atoms with Gasteiger partial charge in [0, 0.05) is 19.2 Å². The van der Waals surface area contributed by atoms with Gasteiger partial charge in [0.25, 0.3) is 10.0 Å². The average molecular weight is 341 g/mol. The van der Waals surface area contributed by atoms with Crippen LogP contribution in [0.5, 0.6) is 0 Å². The van der Waals surface area contributed by atoms with Crippen molar-refractivity contribution >= 4 is 21.6 Å². The summed E-state index contributed by atoms with van der Waals surface area (Å²) >= 11 is 0. The van der Waals surface area contributed by atoms with E-state index in [9.17, 15) is 18.8 Å². The van der Waals surface area contributed by atoms with Crippen molar-refractivity contribution in [1.29, 1.82) is 5.26 Å². The van der Waals surface area contributed by atoms with E-state index in [1.165, 1.54) is 18.3 Å². The number of pyridine rings is 1. The molecule has 1 aromatic heterocycles. The molecule has 1 aromatic carbocycles. The number of nitrogens with zero attached hydrogens (tertiary/aromatic N) is 3. The quantitative estimate of drug-likeness (QED) is 0.906. The fourth-order valence-corrected chi connectivity index (χ4v) is 4.00. The molecule has 0 saturated carbocycles. The third kappa shape index (κ3) is 2.61. The highest BCUT2D eigenvalue weighted by molar-refractivity contribution is 7.92. The van der Waals surface area contributed by atoms with Crippen LogP contribution >= 0.6 is 0 Å². The molecule has 7 heteroatoms. The summed E-state index contributed by atoms with van der Waals surface area (Å²) in [7, 11) is -3.85. The average Bonchev–Trinajstić information content (AvgIpc) is 2.72. The van der Waals surface area contributed by atoms with Crippen LogP contribution in [0.25, 0.3) is 5.76 Å². The van der Waals surface area contributed by atoms with Gasteiger partial charge in [-0.15, -0.1) is 0 Å². The van der Waals surface area contributed by atoms with E-state index in [0.29, 0.717) is 0 Å². The zero-order valence-corrected chi connectivity index (χ0v) is 13.8. The van der Waals surface area contributed by atoms with Crippen molar-refractivity contribution in [2.45, 2.75) is 18.2 Å². The van der Waals surface area contributed by atoms with Crippen LogP contribution < -0.4 is 4.31 Å². The Hall–Kier alpha value is -2.85. The first-order valence-electron chi connectivity index (χ1n) is 7.32. The Morgan fingerprint density at radius 3 is 2.62 bits per heavy atom. The van der Waals surface area contributed by atoms with Crippen molar-refractivity contribution in [3.8, 4) is 6.07 Å². The number of aliphatic hydroxyl groups is 1. The van der Waals surface area contributed by atoms with Gasteiger partial charge >= 0.3 is 0 Å². The van der Waals surface area contributed by atoms with E-state index in [0.717, 1.165) is 9.87 Å². The zero-order valence-electron chi connectivity index (χ0n) is 13.0. The minimum atomic E-state index is -3.85. The van der Waals surface area contributed by atoms with E-state index >= 15 is 0 Å². The summed E-state index contributed by atoms with van der Waals surface area (Å²) in [5.74, 6) is -0.0944. The Morgan fingerprint density at radius 2 is 1.96 bits per heavy atom. The van der Waals surface area contributed by atoms with Crippen molar-refractivity contribution in [3.05, 3.63) is 59.3 Å². The highest BCUT2D eigenvalue weighted by Crippen LogP contribution is 2.33. The van der Waals surface area contributed by atoms with Crippen LogP contribution in [0.2, 0.25) is 0 Å². The van der Waals surface area contributed by atoms with Crippen LogP contribution in [0.1, 0.15) is 17.5 Å². The van der Waals surface area contributed by atoms with Crippen molar-refractivity contribution in [3.63, 3.8) is 0 Å². The number of fused-ring (bicyclic) bond motifs is 1. The Morgan fingerprint density at radius 1 is 1.25 bits per heavy atom. The number of sulfonamides is 1. The van der Waals surface area contributed by atoms with Gasteiger partial charge in [0.15, 0.2) is 5.82 Å². The van der Waals surface area contributed by atoms with Gasteiger partial charge in [0.1, 0.15) is 5.76 Å². The van der Waals surface area contributed by atoms with Crippen LogP contribution in [-0.2, 0) is 10.0 Å². The molecule has 0 radical (unpaired) electrons. The van der Waals surface area contributed by atoms with Gasteiger partial charge < -0.3 is 5.11 Å². The Bertz CT molecular complexity index is 957. The molecule has 0 aliphatic carbocycles. The Balaban J connectivity index is 2.16. The number of aromatic nitrogens is 1. The molecule has 1 aliphatic rings.